The minimum Gasteiger partial charge on any atom is -0.768 e. The van der Waals surface area contributed by atoms with E-state index in [0.717, 1.165) is 18.4 Å². The molecule has 1 N–H and O–H groups in total. The van der Waals surface area contributed by atoms with Crippen LogP contribution in [0.15, 0.2) is 34.1 Å². The molecule has 0 aliphatic heterocycles. The van der Waals surface area contributed by atoms with Crippen LogP contribution in [-0.4, -0.2) is 29.9 Å². The molecule has 8 heteroatoms. The number of fused-ring (bicyclic) bond motifs is 1. The summed E-state index contributed by atoms with van der Waals surface area (Å²) in [5.74, 6) is 0.763. The zero-order valence-electron chi connectivity index (χ0n) is 14.9. The number of hydrogen-bond acceptors (Lipinski definition) is 5. The lowest BCUT2D eigenvalue weighted by Gasteiger charge is -2.13. The van der Waals surface area contributed by atoms with Crippen LogP contribution in [0.4, 0.5) is 0 Å². The van der Waals surface area contributed by atoms with Crippen molar-refractivity contribution in [3.63, 3.8) is 0 Å². The van der Waals surface area contributed by atoms with Crippen LogP contribution in [0.2, 0.25) is 0 Å². The van der Waals surface area contributed by atoms with Gasteiger partial charge in [-0.1, -0.05) is 13.3 Å². The molecule has 0 spiro atoms. The van der Waals surface area contributed by atoms with Gasteiger partial charge in [0.2, 0.25) is 0 Å². The number of ether oxygens (including phenoxy) is 1. The fourth-order valence-electron chi connectivity index (χ4n) is 3.04. The minimum absolute atomic E-state index is 0.105. The van der Waals surface area contributed by atoms with Crippen molar-refractivity contribution in [1.29, 1.82) is 0 Å². The van der Waals surface area contributed by atoms with E-state index in [1.165, 1.54) is 12.1 Å². The molecule has 1 unspecified atom stereocenters. The Morgan fingerprint density at radius 2 is 2.12 bits per heavy atom. The van der Waals surface area contributed by atoms with E-state index >= 15 is 0 Å². The van der Waals surface area contributed by atoms with Crippen molar-refractivity contribution in [2.75, 3.05) is 6.61 Å². The molecule has 7 nitrogen and oxygen atoms in total. The number of nitrogens with one attached hydrogen (secondary N) is 1. The van der Waals surface area contributed by atoms with Gasteiger partial charge in [-0.05, 0) is 48.2 Å². The Kier molecular flexibility index (Phi) is 5.24. The van der Waals surface area contributed by atoms with Gasteiger partial charge in [0.15, 0.2) is 0 Å². The van der Waals surface area contributed by atoms with Crippen LogP contribution in [0.25, 0.3) is 22.4 Å². The Hall–Kier alpha value is -2.45. The summed E-state index contributed by atoms with van der Waals surface area (Å²) in [5, 5.41) is 0. The first-order valence-corrected chi connectivity index (χ1v) is 9.48. The van der Waals surface area contributed by atoms with Crippen LogP contribution < -0.4 is 10.3 Å². The molecular formula is C18H20N3O4S-. The van der Waals surface area contributed by atoms with Gasteiger partial charge in [-0.2, -0.15) is 0 Å². The molecule has 3 rings (SSSR count). The van der Waals surface area contributed by atoms with E-state index in [-0.39, 0.29) is 10.5 Å². The number of aryl methyl sites for hydroxylation is 2. The normalized spacial score (nSPS) is 12.5. The number of aromatic amines is 1. The monoisotopic (exact) mass is 374 g/mol. The zero-order chi connectivity index (χ0) is 18.8. The van der Waals surface area contributed by atoms with Gasteiger partial charge in [-0.3, -0.25) is 9.00 Å². The second-order valence-electron chi connectivity index (χ2n) is 5.95. The summed E-state index contributed by atoms with van der Waals surface area (Å²) in [6.45, 7) is 4.30. The molecule has 0 fully saturated rings. The quantitative estimate of drug-likeness (QED) is 0.668. The molecule has 2 heterocycles. The van der Waals surface area contributed by atoms with Gasteiger partial charge in [0.05, 0.1) is 17.7 Å². The Labute approximate surface area is 153 Å². The van der Waals surface area contributed by atoms with Crippen molar-refractivity contribution in [3.05, 3.63) is 40.3 Å². The van der Waals surface area contributed by atoms with Crippen LogP contribution in [0, 0.1) is 0 Å². The third kappa shape index (κ3) is 3.30. The number of nitrogens with zero attached hydrogens (tertiary/aromatic N) is 2. The number of hydrogen-bond donors (Lipinski definition) is 1. The maximum absolute atomic E-state index is 12.6. The highest BCUT2D eigenvalue weighted by Crippen LogP contribution is 2.30. The van der Waals surface area contributed by atoms with Gasteiger partial charge in [-0.15, -0.1) is 0 Å². The Bertz CT molecular complexity index is 1040. The highest BCUT2D eigenvalue weighted by atomic mass is 32.2. The highest BCUT2D eigenvalue weighted by Gasteiger charge is 2.16. The second-order valence-corrected chi connectivity index (χ2v) is 6.89. The van der Waals surface area contributed by atoms with Gasteiger partial charge in [0.1, 0.15) is 17.1 Å². The van der Waals surface area contributed by atoms with Gasteiger partial charge >= 0.3 is 0 Å². The molecule has 26 heavy (non-hydrogen) atoms. The molecule has 2 aromatic heterocycles. The smallest absolute Gasteiger partial charge is 0.275 e. The molecule has 1 atom stereocenters. The molecule has 0 saturated heterocycles. The Balaban J connectivity index is 2.28. The van der Waals surface area contributed by atoms with Crippen LogP contribution in [-0.2, 0) is 24.5 Å². The van der Waals surface area contributed by atoms with E-state index in [1.54, 1.807) is 10.6 Å². The fraction of sp³-hybridized carbons (Fsp3) is 0.333. The van der Waals surface area contributed by atoms with Gasteiger partial charge in [0, 0.05) is 18.1 Å². The van der Waals surface area contributed by atoms with E-state index in [9.17, 15) is 13.6 Å². The molecule has 0 aliphatic carbocycles. The number of rotatable bonds is 6. The van der Waals surface area contributed by atoms with Crippen molar-refractivity contribution in [1.82, 2.24) is 14.5 Å². The summed E-state index contributed by atoms with van der Waals surface area (Å²) < 4.78 is 30.0. The van der Waals surface area contributed by atoms with Gasteiger partial charge in [-0.25, -0.2) is 4.98 Å². The molecule has 138 valence electrons. The van der Waals surface area contributed by atoms with Gasteiger partial charge in [0.25, 0.3) is 5.56 Å². The average molecular weight is 374 g/mol. The highest BCUT2D eigenvalue weighted by molar-refractivity contribution is 7.79. The Morgan fingerprint density at radius 3 is 2.77 bits per heavy atom. The lowest BCUT2D eigenvalue weighted by atomic mass is 10.1. The first-order chi connectivity index (χ1) is 12.5. The molecule has 0 saturated carbocycles. The van der Waals surface area contributed by atoms with E-state index < -0.39 is 11.1 Å². The van der Waals surface area contributed by atoms with Gasteiger partial charge < -0.3 is 18.8 Å². The van der Waals surface area contributed by atoms with E-state index in [0.29, 0.717) is 34.8 Å². The molecule has 1 aromatic carbocycles. The molecule has 3 aromatic rings. The summed E-state index contributed by atoms with van der Waals surface area (Å²) >= 11 is -2.39. The van der Waals surface area contributed by atoms with Crippen LogP contribution in [0.3, 0.4) is 0 Å². The van der Waals surface area contributed by atoms with E-state index in [4.69, 9.17) is 4.74 Å². The van der Waals surface area contributed by atoms with Crippen molar-refractivity contribution in [2.24, 2.45) is 7.05 Å². The molecule has 0 aliphatic rings. The Morgan fingerprint density at radius 1 is 1.35 bits per heavy atom. The lowest BCUT2D eigenvalue weighted by molar-refractivity contribution is 0.341. The van der Waals surface area contributed by atoms with Crippen molar-refractivity contribution >= 4 is 22.1 Å². The molecule has 0 bridgehead atoms. The summed E-state index contributed by atoms with van der Waals surface area (Å²) in [4.78, 5) is 20.1. The second kappa shape index (κ2) is 7.43. The number of aromatic nitrogens is 3. The predicted octanol–water partition coefficient (Wildman–Crippen LogP) is 2.52. The summed E-state index contributed by atoms with van der Waals surface area (Å²) in [6, 6.07) is 4.49. The van der Waals surface area contributed by atoms with Crippen molar-refractivity contribution < 1.29 is 13.5 Å². The topological polar surface area (TPSA) is 100 Å². The zero-order valence-corrected chi connectivity index (χ0v) is 15.7. The van der Waals surface area contributed by atoms with E-state index in [2.05, 4.69) is 16.9 Å². The van der Waals surface area contributed by atoms with Crippen molar-refractivity contribution in [2.45, 2.75) is 31.6 Å². The number of benzene rings is 1. The minimum atomic E-state index is -2.39. The molecule has 0 radical (unpaired) electrons. The third-order valence-electron chi connectivity index (χ3n) is 4.12. The summed E-state index contributed by atoms with van der Waals surface area (Å²) in [5.41, 5.74) is 2.28. The van der Waals surface area contributed by atoms with Crippen LogP contribution in [0.5, 0.6) is 5.75 Å². The fourth-order valence-corrected chi connectivity index (χ4v) is 3.43. The van der Waals surface area contributed by atoms with E-state index in [1.807, 2.05) is 20.2 Å². The summed E-state index contributed by atoms with van der Waals surface area (Å²) in [6.07, 6.45) is 3.64. The SMILES string of the molecule is CCCc1cn(C)c2c(=O)[nH]c(-c3cc(S(=O)[O-])ccc3OCC)nc12. The van der Waals surface area contributed by atoms with Crippen molar-refractivity contribution in [3.8, 4) is 17.1 Å². The maximum atomic E-state index is 12.6. The van der Waals surface area contributed by atoms with Crippen LogP contribution in [0.1, 0.15) is 25.8 Å². The summed E-state index contributed by atoms with van der Waals surface area (Å²) in [7, 11) is 1.81. The maximum Gasteiger partial charge on any atom is 0.275 e. The first kappa shape index (κ1) is 18.3. The largest absolute Gasteiger partial charge is 0.768 e. The standard InChI is InChI=1S/C18H21N3O4S/c1-4-6-11-10-21(3)16-15(11)19-17(20-18(16)22)13-9-12(26(23)24)7-8-14(13)25-5-2/h7-10H,4-6H2,1-3H3,(H,23,24)(H,19,20,22)/p-1. The molecule has 0 amide bonds. The lowest BCUT2D eigenvalue weighted by Crippen LogP contribution is -2.12. The first-order valence-electron chi connectivity index (χ1n) is 8.41. The van der Waals surface area contributed by atoms with Crippen LogP contribution >= 0.6 is 0 Å². The number of H-pyrrole nitrogens is 1. The average Bonchev–Trinajstić information content (AvgIpc) is 2.92. The third-order valence-corrected chi connectivity index (χ3v) is 4.76. The predicted molar refractivity (Wildman–Crippen MR) is 99.1 cm³/mol. The molecular weight excluding hydrogens is 354 g/mol.